The van der Waals surface area contributed by atoms with Gasteiger partial charge in [0, 0.05) is 25.8 Å². The van der Waals surface area contributed by atoms with Crippen LogP contribution < -0.4 is 10.6 Å². The Hall–Kier alpha value is -2.11. The Labute approximate surface area is 157 Å². The molecule has 0 aliphatic carbocycles. The maximum absolute atomic E-state index is 5.55. The predicted molar refractivity (Wildman–Crippen MR) is 107 cm³/mol. The molecule has 1 saturated heterocycles. The van der Waals surface area contributed by atoms with E-state index in [2.05, 4.69) is 29.5 Å². The van der Waals surface area contributed by atoms with E-state index in [1.807, 2.05) is 31.3 Å². The lowest BCUT2D eigenvalue weighted by Gasteiger charge is -2.28. The molecule has 26 heavy (non-hydrogen) atoms. The van der Waals surface area contributed by atoms with E-state index in [9.17, 15) is 0 Å². The van der Waals surface area contributed by atoms with Gasteiger partial charge in [-0.25, -0.2) is 4.98 Å². The van der Waals surface area contributed by atoms with Crippen LogP contribution in [0.4, 0.5) is 5.82 Å². The molecule has 1 aromatic rings. The van der Waals surface area contributed by atoms with E-state index in [1.165, 1.54) is 43.7 Å². The SMILES string of the molecule is C=C1/C=C\C=C(\CN)C(C)OCO1.Cc1cccnc1N1CCCCC1. The zero-order chi connectivity index (χ0) is 18.8. The van der Waals surface area contributed by atoms with E-state index in [0.717, 1.165) is 5.57 Å². The lowest BCUT2D eigenvalue weighted by molar-refractivity contribution is -0.0427. The van der Waals surface area contributed by atoms with Crippen molar-refractivity contribution in [1.29, 1.82) is 0 Å². The first kappa shape index (κ1) is 20.2. The van der Waals surface area contributed by atoms with Crippen molar-refractivity contribution in [3.05, 3.63) is 60.0 Å². The first-order valence-corrected chi connectivity index (χ1v) is 9.29. The summed E-state index contributed by atoms with van der Waals surface area (Å²) >= 11 is 0. The minimum absolute atomic E-state index is 0.000509. The van der Waals surface area contributed by atoms with Gasteiger partial charge in [0.25, 0.3) is 0 Å². The quantitative estimate of drug-likeness (QED) is 0.874. The van der Waals surface area contributed by atoms with Gasteiger partial charge in [0.15, 0.2) is 6.79 Å². The third-order valence-electron chi connectivity index (χ3n) is 4.55. The largest absolute Gasteiger partial charge is 0.468 e. The highest BCUT2D eigenvalue weighted by Crippen LogP contribution is 2.20. The Bertz CT molecular complexity index is 634. The number of rotatable bonds is 2. The fourth-order valence-electron chi connectivity index (χ4n) is 2.93. The van der Waals surface area contributed by atoms with Crippen LogP contribution >= 0.6 is 0 Å². The number of hydrogen-bond acceptors (Lipinski definition) is 5. The summed E-state index contributed by atoms with van der Waals surface area (Å²) in [5.41, 5.74) is 7.90. The third-order valence-corrected chi connectivity index (χ3v) is 4.55. The molecule has 5 nitrogen and oxygen atoms in total. The number of nitrogens with zero attached hydrogens (tertiary/aromatic N) is 2. The summed E-state index contributed by atoms with van der Waals surface area (Å²) in [5.74, 6) is 1.78. The summed E-state index contributed by atoms with van der Waals surface area (Å²) in [6.45, 7) is 10.8. The molecule has 0 saturated carbocycles. The van der Waals surface area contributed by atoms with E-state index < -0.39 is 0 Å². The van der Waals surface area contributed by atoms with Crippen molar-refractivity contribution in [2.45, 2.75) is 39.2 Å². The Kier molecular flexibility index (Phi) is 8.38. The number of ether oxygens (including phenoxy) is 2. The lowest BCUT2D eigenvalue weighted by Crippen LogP contribution is -2.30. The second kappa shape index (κ2) is 10.8. The molecule has 5 heteroatoms. The summed E-state index contributed by atoms with van der Waals surface area (Å²) in [5, 5.41) is 0. The highest BCUT2D eigenvalue weighted by Gasteiger charge is 2.13. The lowest BCUT2D eigenvalue weighted by atomic mass is 10.1. The molecule has 0 bridgehead atoms. The summed E-state index contributed by atoms with van der Waals surface area (Å²) in [6.07, 6.45) is 11.5. The van der Waals surface area contributed by atoms with E-state index in [0.29, 0.717) is 12.3 Å². The summed E-state index contributed by atoms with van der Waals surface area (Å²) < 4.78 is 10.5. The number of nitrogens with two attached hydrogens (primary N) is 1. The minimum atomic E-state index is 0.000509. The zero-order valence-corrected chi connectivity index (χ0v) is 16.0. The third kappa shape index (κ3) is 6.32. The second-order valence-corrected chi connectivity index (χ2v) is 6.53. The number of allylic oxidation sites excluding steroid dienone is 3. The Morgan fingerprint density at radius 2 is 2.08 bits per heavy atom. The summed E-state index contributed by atoms with van der Waals surface area (Å²) in [6, 6.07) is 4.14. The van der Waals surface area contributed by atoms with Gasteiger partial charge in [-0.1, -0.05) is 24.8 Å². The molecule has 1 atom stereocenters. The van der Waals surface area contributed by atoms with Gasteiger partial charge in [-0.15, -0.1) is 0 Å². The summed E-state index contributed by atoms with van der Waals surface area (Å²) in [7, 11) is 0. The van der Waals surface area contributed by atoms with Crippen LogP contribution in [-0.2, 0) is 9.47 Å². The van der Waals surface area contributed by atoms with Gasteiger partial charge in [-0.05, 0) is 56.4 Å². The van der Waals surface area contributed by atoms with Gasteiger partial charge < -0.3 is 20.1 Å². The minimum Gasteiger partial charge on any atom is -0.468 e. The molecule has 2 N–H and O–H groups in total. The van der Waals surface area contributed by atoms with Crippen molar-refractivity contribution in [2.24, 2.45) is 5.73 Å². The van der Waals surface area contributed by atoms with Crippen LogP contribution in [0.15, 0.2) is 54.5 Å². The van der Waals surface area contributed by atoms with Gasteiger partial charge in [-0.3, -0.25) is 0 Å². The first-order chi connectivity index (χ1) is 12.6. The normalized spacial score (nSPS) is 24.0. The molecule has 3 heterocycles. The molecule has 0 radical (unpaired) electrons. The molecule has 3 rings (SSSR count). The van der Waals surface area contributed by atoms with Crippen molar-refractivity contribution >= 4 is 5.82 Å². The molecular formula is C21H31N3O2. The van der Waals surface area contributed by atoms with Crippen LogP contribution in [0, 0.1) is 6.92 Å². The van der Waals surface area contributed by atoms with E-state index >= 15 is 0 Å². The highest BCUT2D eigenvalue weighted by atomic mass is 16.7. The van der Waals surface area contributed by atoms with Crippen LogP contribution in [0.5, 0.6) is 0 Å². The topological polar surface area (TPSA) is 60.6 Å². The molecule has 1 aromatic heterocycles. The number of aryl methyl sites for hydroxylation is 1. The molecular weight excluding hydrogens is 326 g/mol. The second-order valence-electron chi connectivity index (χ2n) is 6.53. The fraction of sp³-hybridized carbons (Fsp3) is 0.476. The van der Waals surface area contributed by atoms with Crippen molar-refractivity contribution in [3.63, 3.8) is 0 Å². The van der Waals surface area contributed by atoms with Gasteiger partial charge in [-0.2, -0.15) is 0 Å². The maximum Gasteiger partial charge on any atom is 0.189 e. The number of aromatic nitrogens is 1. The molecule has 0 aromatic carbocycles. The Morgan fingerprint density at radius 1 is 1.31 bits per heavy atom. The van der Waals surface area contributed by atoms with Gasteiger partial charge >= 0.3 is 0 Å². The van der Waals surface area contributed by atoms with Crippen LogP contribution in [0.25, 0.3) is 0 Å². The molecule has 1 unspecified atom stereocenters. The number of hydrogen-bond donors (Lipinski definition) is 1. The number of anilines is 1. The van der Waals surface area contributed by atoms with Crippen LogP contribution in [0.2, 0.25) is 0 Å². The van der Waals surface area contributed by atoms with E-state index in [-0.39, 0.29) is 12.9 Å². The summed E-state index contributed by atoms with van der Waals surface area (Å²) in [4.78, 5) is 6.83. The monoisotopic (exact) mass is 357 g/mol. The first-order valence-electron chi connectivity index (χ1n) is 9.29. The van der Waals surface area contributed by atoms with Crippen LogP contribution in [0.3, 0.4) is 0 Å². The smallest absolute Gasteiger partial charge is 0.189 e. The predicted octanol–water partition coefficient (Wildman–Crippen LogP) is 3.71. The Balaban J connectivity index is 0.000000187. The van der Waals surface area contributed by atoms with Gasteiger partial charge in [0.05, 0.1) is 6.10 Å². The van der Waals surface area contributed by atoms with E-state index in [4.69, 9.17) is 15.2 Å². The average Bonchev–Trinajstić information content (AvgIpc) is 2.74. The number of pyridine rings is 1. The van der Waals surface area contributed by atoms with Gasteiger partial charge in [0.1, 0.15) is 11.6 Å². The molecule has 2 aliphatic heterocycles. The van der Waals surface area contributed by atoms with Crippen molar-refractivity contribution in [1.82, 2.24) is 4.98 Å². The maximum atomic E-state index is 5.55. The Morgan fingerprint density at radius 3 is 2.77 bits per heavy atom. The van der Waals surface area contributed by atoms with Crippen LogP contribution in [-0.4, -0.2) is 37.5 Å². The van der Waals surface area contributed by atoms with Crippen LogP contribution in [0.1, 0.15) is 31.7 Å². The highest BCUT2D eigenvalue weighted by molar-refractivity contribution is 5.45. The molecule has 0 spiro atoms. The number of piperidine rings is 1. The fourth-order valence-corrected chi connectivity index (χ4v) is 2.93. The van der Waals surface area contributed by atoms with Gasteiger partial charge in [0.2, 0.25) is 0 Å². The van der Waals surface area contributed by atoms with Crippen molar-refractivity contribution < 1.29 is 9.47 Å². The molecule has 0 amide bonds. The molecule has 1 fully saturated rings. The van der Waals surface area contributed by atoms with Crippen molar-refractivity contribution in [3.8, 4) is 0 Å². The average molecular weight is 357 g/mol. The molecule has 142 valence electrons. The van der Waals surface area contributed by atoms with Crippen molar-refractivity contribution in [2.75, 3.05) is 31.3 Å². The molecule has 2 aliphatic rings. The zero-order valence-electron chi connectivity index (χ0n) is 16.0. The van der Waals surface area contributed by atoms with E-state index in [1.54, 1.807) is 6.08 Å². The standard InChI is InChI=1S/C11H16N2.C10H15NO2/c1-10-6-5-7-12-11(10)13-8-3-2-4-9-13;1-8-4-3-5-10(6-11)9(2)13-7-12-8/h5-7H,2-4,8-9H2,1H3;3-5,9H,1,6-7,11H2,2H3/b;4-3-,10-5-.